The van der Waals surface area contributed by atoms with E-state index in [1.54, 1.807) is 31.5 Å². The largest absolute Gasteiger partial charge is 0.472 e. The molecule has 2 aromatic heterocycles. The van der Waals surface area contributed by atoms with Crippen molar-refractivity contribution in [2.75, 3.05) is 6.54 Å². The van der Waals surface area contributed by atoms with Gasteiger partial charge in [0, 0.05) is 32.2 Å². The van der Waals surface area contributed by atoms with E-state index in [4.69, 9.17) is 4.42 Å². The number of aryl methyl sites for hydroxylation is 1. The highest BCUT2D eigenvalue weighted by atomic mass is 16.3. The fourth-order valence-electron chi connectivity index (χ4n) is 3.26. The molecule has 1 aliphatic heterocycles. The molecule has 0 saturated carbocycles. The van der Waals surface area contributed by atoms with E-state index in [0.717, 1.165) is 24.8 Å². The van der Waals surface area contributed by atoms with Gasteiger partial charge in [-0.15, -0.1) is 0 Å². The minimum atomic E-state index is -0.242. The fraction of sp³-hybridized carbons (Fsp3) is 0.588. The zero-order chi connectivity index (χ0) is 18.0. The van der Waals surface area contributed by atoms with E-state index in [0.29, 0.717) is 18.9 Å². The van der Waals surface area contributed by atoms with Crippen LogP contribution in [0.15, 0.2) is 27.8 Å². The first-order valence-electron chi connectivity index (χ1n) is 8.63. The molecule has 1 aliphatic rings. The number of nitrogens with zero attached hydrogens (tertiary/aromatic N) is 4. The third-order valence-corrected chi connectivity index (χ3v) is 4.82. The molecule has 1 amide bonds. The number of hydrogen-bond acceptors (Lipinski definition) is 5. The van der Waals surface area contributed by atoms with Crippen molar-refractivity contribution in [1.29, 1.82) is 0 Å². The minimum Gasteiger partial charge on any atom is -0.472 e. The summed E-state index contributed by atoms with van der Waals surface area (Å²) in [6.07, 6.45) is 6.07. The van der Waals surface area contributed by atoms with Crippen LogP contribution in [0, 0.1) is 0 Å². The third-order valence-electron chi connectivity index (χ3n) is 4.82. The maximum Gasteiger partial charge on any atom is 0.345 e. The van der Waals surface area contributed by atoms with E-state index in [-0.39, 0.29) is 23.7 Å². The lowest BCUT2D eigenvalue weighted by molar-refractivity contribution is -0.133. The summed E-state index contributed by atoms with van der Waals surface area (Å²) in [7, 11) is 3.30. The van der Waals surface area contributed by atoms with E-state index in [9.17, 15) is 9.59 Å². The Kier molecular flexibility index (Phi) is 5.08. The average molecular weight is 347 g/mol. The second-order valence-electron chi connectivity index (χ2n) is 6.63. The molecule has 3 rings (SSSR count). The molecule has 0 radical (unpaired) electrons. The number of likely N-dealkylation sites (tertiary alicyclic amines) is 1. The summed E-state index contributed by atoms with van der Waals surface area (Å²) in [6, 6.07) is 1.69. The molecule has 1 saturated heterocycles. The van der Waals surface area contributed by atoms with Crippen molar-refractivity contribution in [3.8, 4) is 0 Å². The SMILES string of the molecule is CC(NC1CCCCN(Cc2nn(C)c(=O)n2C)C1=O)c1ccoc1. The zero-order valence-corrected chi connectivity index (χ0v) is 14.9. The molecule has 136 valence electrons. The van der Waals surface area contributed by atoms with Crippen LogP contribution in [-0.4, -0.2) is 37.7 Å². The van der Waals surface area contributed by atoms with Crippen LogP contribution in [0.1, 0.15) is 43.6 Å². The number of carbonyl (C=O) groups excluding carboxylic acids is 1. The van der Waals surface area contributed by atoms with Crippen LogP contribution in [-0.2, 0) is 25.4 Å². The Morgan fingerprint density at radius 2 is 2.16 bits per heavy atom. The summed E-state index contributed by atoms with van der Waals surface area (Å²) >= 11 is 0. The number of amides is 1. The van der Waals surface area contributed by atoms with Gasteiger partial charge in [-0.2, -0.15) is 5.10 Å². The average Bonchev–Trinajstić information content (AvgIpc) is 3.17. The molecule has 3 heterocycles. The summed E-state index contributed by atoms with van der Waals surface area (Å²) in [5.41, 5.74) is 0.844. The normalized spacial score (nSPS) is 19.9. The maximum atomic E-state index is 13.0. The summed E-state index contributed by atoms with van der Waals surface area (Å²) in [4.78, 5) is 26.6. The predicted molar refractivity (Wildman–Crippen MR) is 91.8 cm³/mol. The van der Waals surface area contributed by atoms with E-state index in [1.807, 2.05) is 13.0 Å². The van der Waals surface area contributed by atoms with Gasteiger partial charge >= 0.3 is 5.69 Å². The Labute approximate surface area is 146 Å². The number of aromatic nitrogens is 3. The zero-order valence-electron chi connectivity index (χ0n) is 14.9. The highest BCUT2D eigenvalue weighted by Gasteiger charge is 2.29. The number of furan rings is 1. The molecule has 1 N–H and O–H groups in total. The van der Waals surface area contributed by atoms with Crippen molar-refractivity contribution < 1.29 is 9.21 Å². The molecule has 0 bridgehead atoms. The molecule has 2 aromatic rings. The van der Waals surface area contributed by atoms with Gasteiger partial charge in [0.25, 0.3) is 0 Å². The van der Waals surface area contributed by atoms with Crippen LogP contribution >= 0.6 is 0 Å². The van der Waals surface area contributed by atoms with Crippen molar-refractivity contribution in [2.24, 2.45) is 14.1 Å². The molecule has 25 heavy (non-hydrogen) atoms. The summed E-state index contributed by atoms with van der Waals surface area (Å²) in [6.45, 7) is 3.06. The monoisotopic (exact) mass is 347 g/mol. The Morgan fingerprint density at radius 1 is 1.36 bits per heavy atom. The van der Waals surface area contributed by atoms with Gasteiger partial charge in [0.2, 0.25) is 5.91 Å². The lowest BCUT2D eigenvalue weighted by Crippen LogP contribution is -2.46. The highest BCUT2D eigenvalue weighted by molar-refractivity contribution is 5.82. The standard InChI is InChI=1S/C17H25N5O3/c1-12(13-7-9-25-11-13)18-14-6-4-5-8-22(16(14)23)10-15-19-21(3)17(24)20(15)2/h7,9,11-12,14,18H,4-6,8,10H2,1-3H3. The smallest absolute Gasteiger partial charge is 0.345 e. The second-order valence-corrected chi connectivity index (χ2v) is 6.63. The Hall–Kier alpha value is -2.35. The van der Waals surface area contributed by atoms with E-state index < -0.39 is 0 Å². The van der Waals surface area contributed by atoms with Crippen LogP contribution in [0.3, 0.4) is 0 Å². The molecule has 0 aromatic carbocycles. The van der Waals surface area contributed by atoms with Crippen molar-refractivity contribution >= 4 is 5.91 Å². The van der Waals surface area contributed by atoms with Gasteiger partial charge in [0.1, 0.15) is 0 Å². The van der Waals surface area contributed by atoms with E-state index in [2.05, 4.69) is 10.4 Å². The second kappa shape index (κ2) is 7.26. The first-order valence-corrected chi connectivity index (χ1v) is 8.63. The van der Waals surface area contributed by atoms with Crippen LogP contribution in [0.5, 0.6) is 0 Å². The van der Waals surface area contributed by atoms with Crippen LogP contribution < -0.4 is 11.0 Å². The minimum absolute atomic E-state index is 0.0341. The van der Waals surface area contributed by atoms with Crippen molar-refractivity contribution in [2.45, 2.75) is 44.8 Å². The Bertz CT molecular complexity index is 777. The van der Waals surface area contributed by atoms with Gasteiger partial charge in [-0.3, -0.25) is 14.7 Å². The van der Waals surface area contributed by atoms with E-state index >= 15 is 0 Å². The molecular weight excluding hydrogens is 322 g/mol. The van der Waals surface area contributed by atoms with E-state index in [1.165, 1.54) is 9.25 Å². The summed E-state index contributed by atoms with van der Waals surface area (Å²) in [5, 5.41) is 7.65. The Balaban J connectivity index is 1.72. The third kappa shape index (κ3) is 3.68. The fourth-order valence-corrected chi connectivity index (χ4v) is 3.26. The van der Waals surface area contributed by atoms with Crippen LogP contribution in [0.25, 0.3) is 0 Å². The number of rotatable bonds is 5. The summed E-state index contributed by atoms with van der Waals surface area (Å²) in [5.74, 6) is 0.662. The van der Waals surface area contributed by atoms with Crippen molar-refractivity contribution in [3.05, 3.63) is 40.5 Å². The molecule has 8 nitrogen and oxygen atoms in total. The summed E-state index contributed by atoms with van der Waals surface area (Å²) < 4.78 is 7.92. The first-order chi connectivity index (χ1) is 12.0. The highest BCUT2D eigenvalue weighted by Crippen LogP contribution is 2.19. The number of nitrogens with one attached hydrogen (secondary N) is 1. The van der Waals surface area contributed by atoms with Crippen LogP contribution in [0.2, 0.25) is 0 Å². The van der Waals surface area contributed by atoms with Crippen molar-refractivity contribution in [1.82, 2.24) is 24.6 Å². The quantitative estimate of drug-likeness (QED) is 0.870. The molecule has 0 spiro atoms. The van der Waals surface area contributed by atoms with Gasteiger partial charge in [0.05, 0.1) is 25.1 Å². The lowest BCUT2D eigenvalue weighted by atomic mass is 10.1. The molecule has 2 unspecified atom stereocenters. The van der Waals surface area contributed by atoms with Gasteiger partial charge in [-0.25, -0.2) is 9.48 Å². The lowest BCUT2D eigenvalue weighted by Gasteiger charge is -2.26. The predicted octanol–water partition coefficient (Wildman–Crippen LogP) is 0.944. The Morgan fingerprint density at radius 3 is 2.80 bits per heavy atom. The number of carbonyl (C=O) groups is 1. The van der Waals surface area contributed by atoms with Crippen LogP contribution in [0.4, 0.5) is 0 Å². The topological polar surface area (TPSA) is 85.3 Å². The number of hydrogen-bond donors (Lipinski definition) is 1. The maximum absolute atomic E-state index is 13.0. The van der Waals surface area contributed by atoms with Gasteiger partial charge in [-0.05, 0) is 32.3 Å². The van der Waals surface area contributed by atoms with Gasteiger partial charge < -0.3 is 9.32 Å². The van der Waals surface area contributed by atoms with Gasteiger partial charge in [0.15, 0.2) is 5.82 Å². The molecule has 8 heteroatoms. The molecule has 0 aliphatic carbocycles. The first kappa shape index (κ1) is 17.5. The molecule has 1 fully saturated rings. The molecular formula is C17H25N5O3. The molecule has 2 atom stereocenters. The van der Waals surface area contributed by atoms with Gasteiger partial charge in [-0.1, -0.05) is 0 Å². The van der Waals surface area contributed by atoms with Crippen molar-refractivity contribution in [3.63, 3.8) is 0 Å².